The normalized spacial score (nSPS) is 13.2. The average Bonchev–Trinajstić information content (AvgIpc) is 1.83. The molecule has 0 aromatic carbocycles. The highest BCUT2D eigenvalue weighted by molar-refractivity contribution is 4.85. The lowest BCUT2D eigenvalue weighted by molar-refractivity contribution is 0.620. The summed E-state index contributed by atoms with van der Waals surface area (Å²) in [7, 11) is 3.84. The van der Waals surface area contributed by atoms with Gasteiger partial charge in [0.2, 0.25) is 0 Å². The predicted molar refractivity (Wildman–Crippen MR) is 37.0 cm³/mol. The van der Waals surface area contributed by atoms with Gasteiger partial charge in [0.05, 0.1) is 0 Å². The Morgan fingerprint density at radius 3 is 2.38 bits per heavy atom. The second-order valence-electron chi connectivity index (χ2n) is 1.69. The molecule has 0 fully saturated rings. The molecule has 48 valence electrons. The van der Waals surface area contributed by atoms with Gasteiger partial charge in [0.25, 0.3) is 0 Å². The topological polar surface area (TPSA) is 24.1 Å². The molecule has 1 unspecified atom stereocenters. The van der Waals surface area contributed by atoms with Crippen molar-refractivity contribution in [2.45, 2.75) is 6.04 Å². The number of rotatable bonds is 4. The van der Waals surface area contributed by atoms with Gasteiger partial charge in [-0.05, 0) is 14.1 Å². The summed E-state index contributed by atoms with van der Waals surface area (Å²) in [6.07, 6.45) is 1.89. The first-order chi connectivity index (χ1) is 3.85. The third kappa shape index (κ3) is 2.77. The summed E-state index contributed by atoms with van der Waals surface area (Å²) in [6, 6.07) is 0.403. The second-order valence-corrected chi connectivity index (χ2v) is 1.69. The Hall–Kier alpha value is -0.340. The lowest BCUT2D eigenvalue weighted by Gasteiger charge is -2.08. The first-order valence-electron chi connectivity index (χ1n) is 2.79. The second kappa shape index (κ2) is 4.81. The van der Waals surface area contributed by atoms with Crippen LogP contribution in [-0.4, -0.2) is 26.7 Å². The number of hydrogen-bond donors (Lipinski definition) is 2. The highest BCUT2D eigenvalue weighted by atomic mass is 14.9. The van der Waals surface area contributed by atoms with Crippen LogP contribution in [0.3, 0.4) is 0 Å². The Balaban J connectivity index is 3.21. The molecule has 0 saturated carbocycles. The Morgan fingerprint density at radius 2 is 2.25 bits per heavy atom. The summed E-state index contributed by atoms with van der Waals surface area (Å²) in [6.45, 7) is 4.59. The van der Waals surface area contributed by atoms with E-state index in [1.165, 1.54) is 0 Å². The number of nitrogens with one attached hydrogen (secondary N) is 2. The molecule has 0 aromatic heterocycles. The molecule has 0 amide bonds. The number of hydrogen-bond acceptors (Lipinski definition) is 2. The maximum absolute atomic E-state index is 3.65. The molecule has 1 atom stereocenters. The molecule has 0 aliphatic heterocycles. The summed E-state index contributed by atoms with van der Waals surface area (Å²) in [5.41, 5.74) is 0. The van der Waals surface area contributed by atoms with Gasteiger partial charge in [0, 0.05) is 12.6 Å². The quantitative estimate of drug-likeness (QED) is 0.502. The smallest absolute Gasteiger partial charge is 0.0370 e. The van der Waals surface area contributed by atoms with Gasteiger partial charge < -0.3 is 10.6 Å². The minimum absolute atomic E-state index is 0.403. The van der Waals surface area contributed by atoms with E-state index in [1.807, 2.05) is 20.2 Å². The van der Waals surface area contributed by atoms with Crippen LogP contribution in [0, 0.1) is 0 Å². The molecule has 0 rings (SSSR count). The molecule has 2 N–H and O–H groups in total. The van der Waals surface area contributed by atoms with Gasteiger partial charge in [-0.15, -0.1) is 6.58 Å². The maximum atomic E-state index is 3.65. The Labute approximate surface area is 51.0 Å². The van der Waals surface area contributed by atoms with E-state index in [0.29, 0.717) is 6.04 Å². The predicted octanol–water partition coefficient (Wildman–Crippen LogP) is -0.0202. The maximum Gasteiger partial charge on any atom is 0.0370 e. The molecule has 0 aliphatic carbocycles. The third-order valence-corrected chi connectivity index (χ3v) is 1.08. The molecule has 0 saturated heterocycles. The monoisotopic (exact) mass is 114 g/mol. The van der Waals surface area contributed by atoms with Crippen molar-refractivity contribution in [1.29, 1.82) is 0 Å². The molecule has 0 aliphatic rings. The van der Waals surface area contributed by atoms with Gasteiger partial charge in [-0.3, -0.25) is 0 Å². The molecule has 2 heteroatoms. The van der Waals surface area contributed by atoms with Gasteiger partial charge >= 0.3 is 0 Å². The Bertz CT molecular complexity index is 61.5. The van der Waals surface area contributed by atoms with Gasteiger partial charge in [0.15, 0.2) is 0 Å². The lowest BCUT2D eigenvalue weighted by atomic mass is 10.3. The van der Waals surface area contributed by atoms with E-state index in [1.54, 1.807) is 0 Å². The standard InChI is InChI=1S/C6H14N2/c1-4-6(8-3)5-7-2/h4,6-8H,1,5H2,2-3H3. The molecule has 8 heavy (non-hydrogen) atoms. The summed E-state index contributed by atoms with van der Waals surface area (Å²) < 4.78 is 0. The molecule has 0 radical (unpaired) electrons. The van der Waals surface area contributed by atoms with Crippen molar-refractivity contribution >= 4 is 0 Å². The van der Waals surface area contributed by atoms with Crippen molar-refractivity contribution in [2.75, 3.05) is 20.6 Å². The molecule has 0 bridgehead atoms. The molecule has 0 spiro atoms. The molecular formula is C6H14N2. The van der Waals surface area contributed by atoms with Crippen molar-refractivity contribution in [3.05, 3.63) is 12.7 Å². The first-order valence-corrected chi connectivity index (χ1v) is 2.79. The van der Waals surface area contributed by atoms with Gasteiger partial charge in [-0.1, -0.05) is 6.08 Å². The highest BCUT2D eigenvalue weighted by Crippen LogP contribution is 1.77. The van der Waals surface area contributed by atoms with E-state index in [9.17, 15) is 0 Å². The van der Waals surface area contributed by atoms with E-state index >= 15 is 0 Å². The van der Waals surface area contributed by atoms with Crippen LogP contribution in [0.1, 0.15) is 0 Å². The Kier molecular flexibility index (Phi) is 4.61. The van der Waals surface area contributed by atoms with Crippen molar-refractivity contribution < 1.29 is 0 Å². The Morgan fingerprint density at radius 1 is 1.62 bits per heavy atom. The number of likely N-dealkylation sites (N-methyl/N-ethyl adjacent to an activating group) is 2. The fraction of sp³-hybridized carbons (Fsp3) is 0.667. The SMILES string of the molecule is C=CC(CNC)NC. The van der Waals surface area contributed by atoms with Gasteiger partial charge in [-0.2, -0.15) is 0 Å². The molecule has 2 nitrogen and oxygen atoms in total. The van der Waals surface area contributed by atoms with Crippen LogP contribution in [0.2, 0.25) is 0 Å². The van der Waals surface area contributed by atoms with E-state index in [0.717, 1.165) is 6.54 Å². The zero-order chi connectivity index (χ0) is 6.41. The average molecular weight is 114 g/mol. The lowest BCUT2D eigenvalue weighted by Crippen LogP contribution is -2.32. The summed E-state index contributed by atoms with van der Waals surface area (Å²) >= 11 is 0. The van der Waals surface area contributed by atoms with Crippen molar-refractivity contribution in [3.63, 3.8) is 0 Å². The van der Waals surface area contributed by atoms with E-state index in [2.05, 4.69) is 17.2 Å². The zero-order valence-electron chi connectivity index (χ0n) is 5.57. The van der Waals surface area contributed by atoms with Crippen molar-refractivity contribution in [3.8, 4) is 0 Å². The van der Waals surface area contributed by atoms with Crippen molar-refractivity contribution in [1.82, 2.24) is 10.6 Å². The van der Waals surface area contributed by atoms with Crippen LogP contribution in [0.25, 0.3) is 0 Å². The minimum atomic E-state index is 0.403. The summed E-state index contributed by atoms with van der Waals surface area (Å²) in [5, 5.41) is 6.11. The molecule has 0 aromatic rings. The van der Waals surface area contributed by atoms with Crippen LogP contribution >= 0.6 is 0 Å². The highest BCUT2D eigenvalue weighted by Gasteiger charge is 1.93. The van der Waals surface area contributed by atoms with E-state index in [4.69, 9.17) is 0 Å². The zero-order valence-corrected chi connectivity index (χ0v) is 5.57. The minimum Gasteiger partial charge on any atom is -0.318 e. The molecule has 0 heterocycles. The van der Waals surface area contributed by atoms with Crippen molar-refractivity contribution in [2.24, 2.45) is 0 Å². The molecular weight excluding hydrogens is 100 g/mol. The van der Waals surface area contributed by atoms with Gasteiger partial charge in [0.1, 0.15) is 0 Å². The van der Waals surface area contributed by atoms with Crippen LogP contribution < -0.4 is 10.6 Å². The fourth-order valence-corrected chi connectivity index (χ4v) is 0.523. The van der Waals surface area contributed by atoms with E-state index < -0.39 is 0 Å². The van der Waals surface area contributed by atoms with Crippen LogP contribution in [0.5, 0.6) is 0 Å². The van der Waals surface area contributed by atoms with E-state index in [-0.39, 0.29) is 0 Å². The van der Waals surface area contributed by atoms with Crippen LogP contribution in [0.15, 0.2) is 12.7 Å². The van der Waals surface area contributed by atoms with Crippen LogP contribution in [-0.2, 0) is 0 Å². The third-order valence-electron chi connectivity index (χ3n) is 1.08. The summed E-state index contributed by atoms with van der Waals surface area (Å²) in [5.74, 6) is 0. The fourth-order valence-electron chi connectivity index (χ4n) is 0.523. The first kappa shape index (κ1) is 7.66. The van der Waals surface area contributed by atoms with Crippen LogP contribution in [0.4, 0.5) is 0 Å². The van der Waals surface area contributed by atoms with Gasteiger partial charge in [-0.25, -0.2) is 0 Å². The summed E-state index contributed by atoms with van der Waals surface area (Å²) in [4.78, 5) is 0. The largest absolute Gasteiger partial charge is 0.318 e.